The minimum atomic E-state index is -0.505. The van der Waals surface area contributed by atoms with E-state index in [1.165, 1.54) is 0 Å². The first kappa shape index (κ1) is 16.9. The van der Waals surface area contributed by atoms with Crippen molar-refractivity contribution < 1.29 is 19.1 Å². The van der Waals surface area contributed by atoms with Crippen molar-refractivity contribution in [1.82, 2.24) is 4.57 Å². The average molecular weight is 294 g/mol. The van der Waals surface area contributed by atoms with Gasteiger partial charge in [0.05, 0.1) is 11.4 Å². The van der Waals surface area contributed by atoms with Crippen LogP contribution in [0.3, 0.4) is 0 Å². The van der Waals surface area contributed by atoms with Crippen molar-refractivity contribution in [2.75, 3.05) is 5.32 Å². The summed E-state index contributed by atoms with van der Waals surface area (Å²) >= 11 is 0. The van der Waals surface area contributed by atoms with Crippen LogP contribution in [0.4, 0.5) is 5.69 Å². The molecule has 6 heteroatoms. The molecule has 6 nitrogen and oxygen atoms in total. The van der Waals surface area contributed by atoms with E-state index in [2.05, 4.69) is 5.32 Å². The van der Waals surface area contributed by atoms with E-state index in [0.29, 0.717) is 17.8 Å². The van der Waals surface area contributed by atoms with Gasteiger partial charge in [0.2, 0.25) is 5.91 Å². The number of esters is 1. The lowest BCUT2D eigenvalue weighted by atomic mass is 10.2. The zero-order valence-corrected chi connectivity index (χ0v) is 12.9. The van der Waals surface area contributed by atoms with Crippen LogP contribution >= 0.6 is 0 Å². The number of ether oxygens (including phenoxy) is 1. The molecule has 0 aromatic carbocycles. The summed E-state index contributed by atoms with van der Waals surface area (Å²) in [6, 6.07) is 1.60. The smallest absolute Gasteiger partial charge is 0.306 e. The Morgan fingerprint density at radius 2 is 2.00 bits per heavy atom. The number of carbonyl (C=O) groups is 3. The molecule has 0 atom stereocenters. The van der Waals surface area contributed by atoms with Crippen molar-refractivity contribution in [1.29, 1.82) is 0 Å². The zero-order chi connectivity index (χ0) is 16.0. The number of hydrogen-bond acceptors (Lipinski definition) is 4. The van der Waals surface area contributed by atoms with Crippen LogP contribution in [0.5, 0.6) is 0 Å². The van der Waals surface area contributed by atoms with Gasteiger partial charge in [0, 0.05) is 26.1 Å². The molecule has 0 fully saturated rings. The van der Waals surface area contributed by atoms with Crippen molar-refractivity contribution in [2.45, 2.75) is 45.6 Å². The van der Waals surface area contributed by atoms with Crippen LogP contribution in [0.1, 0.15) is 50.5 Å². The Balaban J connectivity index is 2.34. The van der Waals surface area contributed by atoms with E-state index in [4.69, 9.17) is 4.74 Å². The molecule has 1 heterocycles. The van der Waals surface area contributed by atoms with Gasteiger partial charge in [-0.3, -0.25) is 14.4 Å². The van der Waals surface area contributed by atoms with Gasteiger partial charge in [-0.2, -0.15) is 0 Å². The quantitative estimate of drug-likeness (QED) is 0.645. The summed E-state index contributed by atoms with van der Waals surface area (Å²) in [7, 11) is 1.72. The molecule has 0 radical (unpaired) electrons. The Morgan fingerprint density at radius 1 is 1.33 bits per heavy atom. The lowest BCUT2D eigenvalue weighted by Crippen LogP contribution is -2.23. The molecule has 1 aromatic rings. The summed E-state index contributed by atoms with van der Waals surface area (Å²) in [5, 5.41) is 2.69. The molecule has 1 amide bonds. The third kappa shape index (κ3) is 6.25. The van der Waals surface area contributed by atoms with Gasteiger partial charge in [-0.15, -0.1) is 0 Å². The molecule has 1 aromatic heterocycles. The second-order valence-corrected chi connectivity index (χ2v) is 5.87. The van der Waals surface area contributed by atoms with Crippen LogP contribution in [0.2, 0.25) is 0 Å². The fraction of sp³-hybridized carbons (Fsp3) is 0.533. The number of amides is 1. The third-order valence-electron chi connectivity index (χ3n) is 2.65. The number of carbonyl (C=O) groups excluding carboxylic acids is 3. The van der Waals surface area contributed by atoms with Crippen molar-refractivity contribution >= 4 is 23.9 Å². The minimum absolute atomic E-state index is 0.193. The molecule has 0 unspecified atom stereocenters. The van der Waals surface area contributed by atoms with E-state index in [1.807, 2.05) is 0 Å². The van der Waals surface area contributed by atoms with Gasteiger partial charge in [-0.1, -0.05) is 0 Å². The number of aryl methyl sites for hydroxylation is 1. The van der Waals surface area contributed by atoms with Crippen LogP contribution in [0, 0.1) is 0 Å². The lowest BCUT2D eigenvalue weighted by molar-refractivity contribution is -0.154. The number of nitrogens with zero attached hydrogens (tertiary/aromatic N) is 1. The summed E-state index contributed by atoms with van der Waals surface area (Å²) in [4.78, 5) is 33.9. The highest BCUT2D eigenvalue weighted by molar-refractivity contribution is 5.91. The van der Waals surface area contributed by atoms with E-state index < -0.39 is 5.60 Å². The number of nitrogens with one attached hydrogen (secondary N) is 1. The highest BCUT2D eigenvalue weighted by Crippen LogP contribution is 2.13. The molecule has 1 N–H and O–H groups in total. The molecular formula is C15H22N2O4. The summed E-state index contributed by atoms with van der Waals surface area (Å²) in [5.41, 5.74) is 0.551. The number of aromatic nitrogens is 1. The van der Waals surface area contributed by atoms with Crippen molar-refractivity contribution in [3.8, 4) is 0 Å². The van der Waals surface area contributed by atoms with E-state index in [0.717, 1.165) is 6.29 Å². The topological polar surface area (TPSA) is 77.4 Å². The first-order chi connectivity index (χ1) is 9.71. The summed E-state index contributed by atoms with van der Waals surface area (Å²) in [6.07, 6.45) is 3.24. The normalized spacial score (nSPS) is 11.0. The molecule has 0 aliphatic carbocycles. The van der Waals surface area contributed by atoms with E-state index in [9.17, 15) is 14.4 Å². The van der Waals surface area contributed by atoms with Crippen LogP contribution in [0.25, 0.3) is 0 Å². The van der Waals surface area contributed by atoms with E-state index >= 15 is 0 Å². The predicted molar refractivity (Wildman–Crippen MR) is 79.1 cm³/mol. The minimum Gasteiger partial charge on any atom is -0.460 e. The van der Waals surface area contributed by atoms with Crippen LogP contribution in [-0.2, 0) is 21.4 Å². The summed E-state index contributed by atoms with van der Waals surface area (Å²) in [6.45, 7) is 5.41. The van der Waals surface area contributed by atoms with Gasteiger partial charge in [0.15, 0.2) is 6.29 Å². The molecule has 0 aliphatic heterocycles. The standard InChI is InChI=1S/C15H22N2O4/c1-15(2,3)21-14(20)7-5-6-13(19)16-11-8-12(10-18)17(4)9-11/h8-10H,5-7H2,1-4H3,(H,16,19). The molecule has 0 bridgehead atoms. The van der Waals surface area contributed by atoms with Gasteiger partial charge in [-0.05, 0) is 33.3 Å². The average Bonchev–Trinajstić information content (AvgIpc) is 2.66. The zero-order valence-electron chi connectivity index (χ0n) is 12.9. The Kier molecular flexibility index (Phi) is 5.69. The first-order valence-corrected chi connectivity index (χ1v) is 6.84. The van der Waals surface area contributed by atoms with Crippen molar-refractivity contribution in [3.05, 3.63) is 18.0 Å². The highest BCUT2D eigenvalue weighted by Gasteiger charge is 2.16. The van der Waals surface area contributed by atoms with Crippen LogP contribution in [0.15, 0.2) is 12.3 Å². The summed E-state index contributed by atoms with van der Waals surface area (Å²) in [5.74, 6) is -0.500. The molecule has 0 saturated heterocycles. The van der Waals surface area contributed by atoms with Crippen molar-refractivity contribution in [3.63, 3.8) is 0 Å². The third-order valence-corrected chi connectivity index (χ3v) is 2.65. The predicted octanol–water partition coefficient (Wildman–Crippen LogP) is 2.29. The van der Waals surface area contributed by atoms with E-state index in [1.54, 1.807) is 44.6 Å². The van der Waals surface area contributed by atoms with Gasteiger partial charge in [0.1, 0.15) is 5.60 Å². The Hall–Kier alpha value is -2.11. The maximum atomic E-state index is 11.7. The van der Waals surface area contributed by atoms with Gasteiger partial charge in [-0.25, -0.2) is 0 Å². The molecule has 0 saturated carbocycles. The van der Waals surface area contributed by atoms with E-state index in [-0.39, 0.29) is 24.7 Å². The second-order valence-electron chi connectivity index (χ2n) is 5.87. The summed E-state index contributed by atoms with van der Waals surface area (Å²) < 4.78 is 6.79. The monoisotopic (exact) mass is 294 g/mol. The molecular weight excluding hydrogens is 272 g/mol. The number of rotatable bonds is 6. The fourth-order valence-corrected chi connectivity index (χ4v) is 1.78. The molecule has 21 heavy (non-hydrogen) atoms. The SMILES string of the molecule is Cn1cc(NC(=O)CCCC(=O)OC(C)(C)C)cc1C=O. The number of anilines is 1. The Bertz CT molecular complexity index is 526. The largest absolute Gasteiger partial charge is 0.460 e. The Morgan fingerprint density at radius 3 is 2.52 bits per heavy atom. The van der Waals surface area contributed by atoms with Crippen LogP contribution in [-0.4, -0.2) is 28.3 Å². The van der Waals surface area contributed by atoms with Crippen molar-refractivity contribution in [2.24, 2.45) is 7.05 Å². The second kappa shape index (κ2) is 7.06. The lowest BCUT2D eigenvalue weighted by Gasteiger charge is -2.19. The highest BCUT2D eigenvalue weighted by atomic mass is 16.6. The Labute approximate surface area is 124 Å². The number of aldehydes is 1. The molecule has 0 spiro atoms. The molecule has 0 aliphatic rings. The number of hydrogen-bond donors (Lipinski definition) is 1. The van der Waals surface area contributed by atoms with Crippen LogP contribution < -0.4 is 5.32 Å². The van der Waals surface area contributed by atoms with Gasteiger partial charge >= 0.3 is 5.97 Å². The van der Waals surface area contributed by atoms with Gasteiger partial charge < -0.3 is 14.6 Å². The fourth-order valence-electron chi connectivity index (χ4n) is 1.78. The molecule has 116 valence electrons. The molecule has 1 rings (SSSR count). The maximum absolute atomic E-state index is 11.7. The first-order valence-electron chi connectivity index (χ1n) is 6.84. The maximum Gasteiger partial charge on any atom is 0.306 e. The van der Waals surface area contributed by atoms with Gasteiger partial charge in [0.25, 0.3) is 0 Å².